The average molecular weight is 411 g/mol. The molecule has 24 heavy (non-hydrogen) atoms. The fraction of sp³-hybridized carbons (Fsp3) is 0.600. The number of thiophene rings is 1. The Kier molecular flexibility index (Phi) is 8.22. The molecule has 1 saturated heterocycles. The first kappa shape index (κ1) is 21.4. The number of hydrogen-bond donors (Lipinski definition) is 1. The largest absolute Gasteiger partial charge is 0.349 e. The van der Waals surface area contributed by atoms with Crippen LogP contribution in [0.5, 0.6) is 0 Å². The minimum absolute atomic E-state index is 0. The monoisotopic (exact) mass is 410 g/mol. The van der Waals surface area contributed by atoms with E-state index in [-0.39, 0.29) is 30.7 Å². The van der Waals surface area contributed by atoms with E-state index >= 15 is 0 Å². The van der Waals surface area contributed by atoms with Crippen LogP contribution in [-0.2, 0) is 0 Å². The summed E-state index contributed by atoms with van der Waals surface area (Å²) in [4.78, 5) is 23.2. The smallest absolute Gasteiger partial charge is 0.264 e. The number of rotatable bonds is 5. The third kappa shape index (κ3) is 4.14. The quantitative estimate of drug-likeness (QED) is 0.819. The topological polar surface area (TPSA) is 48.5 Å². The highest BCUT2D eigenvalue weighted by molar-refractivity contribution is 7.29. The van der Waals surface area contributed by atoms with Gasteiger partial charge in [-0.2, -0.15) is 0 Å². The summed E-state index contributed by atoms with van der Waals surface area (Å²) in [5.41, 5.74) is 0. The van der Waals surface area contributed by atoms with Crippen molar-refractivity contribution in [2.75, 3.05) is 38.1 Å². The molecule has 0 radical (unpaired) electrons. The Balaban J connectivity index is 0.00000144. The summed E-state index contributed by atoms with van der Waals surface area (Å²) in [5, 5.41) is 4.36. The fourth-order valence-electron chi connectivity index (χ4n) is 2.77. The van der Waals surface area contributed by atoms with Crippen molar-refractivity contribution in [3.05, 3.63) is 10.9 Å². The SMILES string of the molecule is CCN(CC)c1nc2sc(C(=O)N(C)C3CCNC3)cc2s1.Cl.Cl. The van der Waals surface area contributed by atoms with Crippen LogP contribution in [0.25, 0.3) is 9.53 Å². The number of halogens is 2. The molecule has 1 amide bonds. The molecule has 2 aromatic rings. The third-order valence-electron chi connectivity index (χ3n) is 4.23. The molecule has 2 aromatic heterocycles. The van der Waals surface area contributed by atoms with Gasteiger partial charge in [0.15, 0.2) is 5.13 Å². The van der Waals surface area contributed by atoms with Crippen LogP contribution in [0, 0.1) is 0 Å². The Labute approximate surface area is 163 Å². The molecule has 136 valence electrons. The lowest BCUT2D eigenvalue weighted by atomic mass is 10.2. The van der Waals surface area contributed by atoms with Gasteiger partial charge in [-0.25, -0.2) is 4.98 Å². The Morgan fingerprint density at radius 1 is 1.33 bits per heavy atom. The van der Waals surface area contributed by atoms with Crippen molar-refractivity contribution in [1.29, 1.82) is 0 Å². The molecule has 0 spiro atoms. The summed E-state index contributed by atoms with van der Waals surface area (Å²) >= 11 is 3.19. The number of aromatic nitrogens is 1. The Hall–Kier alpha value is -0.600. The van der Waals surface area contributed by atoms with Crippen LogP contribution in [0.4, 0.5) is 5.13 Å². The second-order valence-electron chi connectivity index (χ2n) is 5.51. The first-order valence-electron chi connectivity index (χ1n) is 7.77. The summed E-state index contributed by atoms with van der Waals surface area (Å²) in [5.74, 6) is 0.119. The van der Waals surface area contributed by atoms with Gasteiger partial charge in [-0.1, -0.05) is 11.3 Å². The summed E-state index contributed by atoms with van der Waals surface area (Å²) in [6.45, 7) is 8.08. The van der Waals surface area contributed by atoms with Crippen LogP contribution in [-0.4, -0.2) is 55.1 Å². The first-order valence-corrected chi connectivity index (χ1v) is 9.40. The van der Waals surface area contributed by atoms with E-state index < -0.39 is 0 Å². The fourth-order valence-corrected chi connectivity index (χ4v) is 5.09. The number of nitrogens with one attached hydrogen (secondary N) is 1. The van der Waals surface area contributed by atoms with Crippen LogP contribution in [0.1, 0.15) is 29.9 Å². The van der Waals surface area contributed by atoms with Gasteiger partial charge in [-0.15, -0.1) is 36.2 Å². The van der Waals surface area contributed by atoms with Crippen LogP contribution >= 0.6 is 47.5 Å². The molecule has 5 nitrogen and oxygen atoms in total. The first-order chi connectivity index (χ1) is 10.6. The number of fused-ring (bicyclic) bond motifs is 1. The molecular weight excluding hydrogens is 387 g/mol. The van der Waals surface area contributed by atoms with Gasteiger partial charge in [0.2, 0.25) is 0 Å². The van der Waals surface area contributed by atoms with Gasteiger partial charge in [0, 0.05) is 32.7 Å². The maximum Gasteiger partial charge on any atom is 0.264 e. The zero-order valence-electron chi connectivity index (χ0n) is 14.1. The van der Waals surface area contributed by atoms with E-state index in [1.807, 2.05) is 18.0 Å². The van der Waals surface area contributed by atoms with E-state index in [1.165, 1.54) is 11.3 Å². The summed E-state index contributed by atoms with van der Waals surface area (Å²) in [7, 11) is 1.91. The maximum absolute atomic E-state index is 12.6. The van der Waals surface area contributed by atoms with E-state index in [0.29, 0.717) is 6.04 Å². The van der Waals surface area contributed by atoms with Gasteiger partial charge < -0.3 is 15.1 Å². The number of amides is 1. The van der Waals surface area contributed by atoms with Crippen molar-refractivity contribution < 1.29 is 4.79 Å². The van der Waals surface area contributed by atoms with Gasteiger partial charge in [0.1, 0.15) is 4.83 Å². The molecule has 3 rings (SSSR count). The number of carbonyl (C=O) groups is 1. The van der Waals surface area contributed by atoms with Crippen molar-refractivity contribution in [2.45, 2.75) is 26.3 Å². The number of thiazole rings is 1. The van der Waals surface area contributed by atoms with Crippen LogP contribution < -0.4 is 10.2 Å². The van der Waals surface area contributed by atoms with Gasteiger partial charge >= 0.3 is 0 Å². The summed E-state index contributed by atoms with van der Waals surface area (Å²) < 4.78 is 1.12. The zero-order valence-corrected chi connectivity index (χ0v) is 17.3. The Morgan fingerprint density at radius 2 is 2.04 bits per heavy atom. The molecule has 0 aromatic carbocycles. The normalized spacial score (nSPS) is 16.5. The van der Waals surface area contributed by atoms with E-state index in [2.05, 4.69) is 24.1 Å². The van der Waals surface area contributed by atoms with Crippen molar-refractivity contribution in [3.63, 3.8) is 0 Å². The van der Waals surface area contributed by atoms with E-state index in [4.69, 9.17) is 4.98 Å². The van der Waals surface area contributed by atoms with Gasteiger partial charge in [-0.05, 0) is 32.9 Å². The number of carbonyl (C=O) groups excluding carboxylic acids is 1. The van der Waals surface area contributed by atoms with Crippen molar-refractivity contribution in [1.82, 2.24) is 15.2 Å². The van der Waals surface area contributed by atoms with Crippen molar-refractivity contribution >= 4 is 68.1 Å². The summed E-state index contributed by atoms with van der Waals surface area (Å²) in [6.07, 6.45) is 1.03. The van der Waals surface area contributed by atoms with E-state index in [9.17, 15) is 4.79 Å². The molecule has 9 heteroatoms. The lowest BCUT2D eigenvalue weighted by Crippen LogP contribution is -2.37. The molecule has 1 aliphatic heterocycles. The highest BCUT2D eigenvalue weighted by atomic mass is 35.5. The van der Waals surface area contributed by atoms with Crippen molar-refractivity contribution in [2.24, 2.45) is 0 Å². The minimum atomic E-state index is 0. The van der Waals surface area contributed by atoms with Gasteiger partial charge in [-0.3, -0.25) is 4.79 Å². The van der Waals surface area contributed by atoms with Gasteiger partial charge in [0.05, 0.1) is 9.58 Å². The number of anilines is 1. The number of likely N-dealkylation sites (N-methyl/N-ethyl adjacent to an activating group) is 1. The molecule has 1 fully saturated rings. The molecule has 3 heterocycles. The molecule has 1 N–H and O–H groups in total. The van der Waals surface area contributed by atoms with E-state index in [1.54, 1.807) is 11.3 Å². The van der Waals surface area contributed by atoms with Crippen LogP contribution in [0.15, 0.2) is 6.07 Å². The van der Waals surface area contributed by atoms with E-state index in [0.717, 1.165) is 52.1 Å². The number of nitrogens with zero attached hydrogens (tertiary/aromatic N) is 3. The molecule has 1 aliphatic rings. The molecule has 1 atom stereocenters. The second-order valence-corrected chi connectivity index (χ2v) is 7.55. The van der Waals surface area contributed by atoms with Crippen LogP contribution in [0.3, 0.4) is 0 Å². The van der Waals surface area contributed by atoms with Crippen molar-refractivity contribution in [3.8, 4) is 0 Å². The number of hydrogen-bond acceptors (Lipinski definition) is 6. The van der Waals surface area contributed by atoms with Crippen LogP contribution in [0.2, 0.25) is 0 Å². The second kappa shape index (κ2) is 9.20. The lowest BCUT2D eigenvalue weighted by molar-refractivity contribution is 0.0749. The highest BCUT2D eigenvalue weighted by Crippen LogP contribution is 2.35. The Bertz CT molecular complexity index is 634. The minimum Gasteiger partial charge on any atom is -0.349 e. The summed E-state index contributed by atoms with van der Waals surface area (Å²) in [6, 6.07) is 2.32. The highest BCUT2D eigenvalue weighted by Gasteiger charge is 2.25. The zero-order chi connectivity index (χ0) is 15.7. The predicted octanol–water partition coefficient (Wildman–Crippen LogP) is 3.48. The molecule has 0 bridgehead atoms. The molecular formula is C15H24Cl2N4OS2. The van der Waals surface area contributed by atoms with Gasteiger partial charge in [0.25, 0.3) is 5.91 Å². The standard InChI is InChI=1S/C15H22N4OS2.2ClH/c1-4-19(5-2)15-17-13-11(22-15)8-12(21-13)14(20)18(3)10-6-7-16-9-10;;/h8,10,16H,4-7,9H2,1-3H3;2*1H. The Morgan fingerprint density at radius 3 is 2.58 bits per heavy atom. The third-order valence-corrected chi connectivity index (χ3v) is 6.43. The molecule has 0 saturated carbocycles. The maximum atomic E-state index is 12.6. The lowest BCUT2D eigenvalue weighted by Gasteiger charge is -2.22. The molecule has 0 aliphatic carbocycles. The average Bonchev–Trinajstić information content (AvgIpc) is 3.22. The molecule has 1 unspecified atom stereocenters. The predicted molar refractivity (Wildman–Crippen MR) is 109 cm³/mol.